The molecule has 0 aromatic rings. The van der Waals surface area contributed by atoms with Gasteiger partial charge in [-0.15, -0.1) is 0 Å². The molecular formula is C11H22N2O4. The van der Waals surface area contributed by atoms with Gasteiger partial charge in [0.25, 0.3) is 0 Å². The summed E-state index contributed by atoms with van der Waals surface area (Å²) in [5.41, 5.74) is -0.543. The van der Waals surface area contributed by atoms with Crippen LogP contribution in [0.25, 0.3) is 0 Å². The minimum Gasteiger partial charge on any atom is -0.444 e. The second-order valence-electron chi connectivity index (χ2n) is 4.83. The van der Waals surface area contributed by atoms with Gasteiger partial charge in [-0.2, -0.15) is 0 Å². The summed E-state index contributed by atoms with van der Waals surface area (Å²) in [6.07, 6.45) is -0.954. The molecule has 0 unspecified atom stereocenters. The largest absolute Gasteiger partial charge is 0.444 e. The number of carbonyl (C=O) groups excluding carboxylic acids is 2. The lowest BCUT2D eigenvalue weighted by molar-refractivity contribution is -0.121. The summed E-state index contributed by atoms with van der Waals surface area (Å²) < 4.78 is 5.00. The maximum atomic E-state index is 11.2. The summed E-state index contributed by atoms with van der Waals surface area (Å²) in [4.78, 5) is 22.4. The van der Waals surface area contributed by atoms with Gasteiger partial charge in [-0.1, -0.05) is 0 Å². The van der Waals surface area contributed by atoms with Gasteiger partial charge < -0.3 is 20.5 Å². The second-order valence-corrected chi connectivity index (χ2v) is 4.83. The first kappa shape index (κ1) is 15.7. The third-order valence-electron chi connectivity index (χ3n) is 1.61. The molecular weight excluding hydrogens is 224 g/mol. The van der Waals surface area contributed by atoms with Gasteiger partial charge in [0.1, 0.15) is 5.60 Å². The zero-order valence-electron chi connectivity index (χ0n) is 10.9. The summed E-state index contributed by atoms with van der Waals surface area (Å²) in [6.45, 7) is 7.30. The lowest BCUT2D eigenvalue weighted by atomic mass is 10.2. The average Bonchev–Trinajstić information content (AvgIpc) is 2.11. The number of amides is 2. The van der Waals surface area contributed by atoms with Crippen LogP contribution in [0.1, 0.15) is 34.1 Å². The Bertz CT molecular complexity index is 259. The highest BCUT2D eigenvalue weighted by atomic mass is 16.6. The molecule has 3 N–H and O–H groups in total. The summed E-state index contributed by atoms with van der Waals surface area (Å²) >= 11 is 0. The van der Waals surface area contributed by atoms with Gasteiger partial charge in [-0.05, 0) is 27.7 Å². The molecule has 6 heteroatoms. The van der Waals surface area contributed by atoms with Crippen LogP contribution in [0, 0.1) is 0 Å². The van der Waals surface area contributed by atoms with Crippen LogP contribution in [-0.4, -0.2) is 41.9 Å². The number of hydrogen-bond acceptors (Lipinski definition) is 4. The molecule has 0 saturated carbocycles. The molecule has 2 amide bonds. The summed E-state index contributed by atoms with van der Waals surface area (Å²) in [6, 6.07) is 0. The smallest absolute Gasteiger partial charge is 0.407 e. The van der Waals surface area contributed by atoms with Crippen molar-refractivity contribution in [2.24, 2.45) is 0 Å². The van der Waals surface area contributed by atoms with Gasteiger partial charge in [-0.3, -0.25) is 4.79 Å². The zero-order chi connectivity index (χ0) is 13.5. The van der Waals surface area contributed by atoms with Crippen molar-refractivity contribution in [1.29, 1.82) is 0 Å². The van der Waals surface area contributed by atoms with E-state index >= 15 is 0 Å². The van der Waals surface area contributed by atoms with Crippen LogP contribution in [-0.2, 0) is 9.53 Å². The van der Waals surface area contributed by atoms with E-state index in [2.05, 4.69) is 10.6 Å². The standard InChI is InChI=1S/C11H22N2O4/c1-8(14)7-13-9(15)5-6-12-10(16)17-11(2,3)4/h8,14H,5-7H2,1-4H3,(H,12,16)(H,13,15)/t8-/m0/s1. The van der Waals surface area contributed by atoms with Crippen LogP contribution in [0.2, 0.25) is 0 Å². The number of rotatable bonds is 5. The van der Waals surface area contributed by atoms with Crippen molar-refractivity contribution in [3.05, 3.63) is 0 Å². The van der Waals surface area contributed by atoms with Gasteiger partial charge in [0.15, 0.2) is 0 Å². The Morgan fingerprint density at radius 2 is 1.88 bits per heavy atom. The van der Waals surface area contributed by atoms with E-state index in [-0.39, 0.29) is 25.4 Å². The van der Waals surface area contributed by atoms with E-state index in [1.54, 1.807) is 27.7 Å². The third-order valence-corrected chi connectivity index (χ3v) is 1.61. The molecule has 17 heavy (non-hydrogen) atoms. The number of aliphatic hydroxyl groups is 1. The Kier molecular flexibility index (Phi) is 6.57. The van der Waals surface area contributed by atoms with E-state index in [0.29, 0.717) is 0 Å². The molecule has 0 heterocycles. The molecule has 0 aliphatic rings. The van der Waals surface area contributed by atoms with Crippen molar-refractivity contribution in [1.82, 2.24) is 10.6 Å². The van der Waals surface area contributed by atoms with Gasteiger partial charge >= 0.3 is 6.09 Å². The SMILES string of the molecule is C[C@H](O)CNC(=O)CCNC(=O)OC(C)(C)C. The Balaban J connectivity index is 3.63. The lowest BCUT2D eigenvalue weighted by Gasteiger charge is -2.19. The minimum atomic E-state index is -0.572. The van der Waals surface area contributed by atoms with Crippen LogP contribution < -0.4 is 10.6 Å². The molecule has 0 rings (SSSR count). The van der Waals surface area contributed by atoms with Gasteiger partial charge in [0, 0.05) is 19.5 Å². The third kappa shape index (κ3) is 11.0. The van der Waals surface area contributed by atoms with Gasteiger partial charge in [0.2, 0.25) is 5.91 Å². The topological polar surface area (TPSA) is 87.7 Å². The lowest BCUT2D eigenvalue weighted by Crippen LogP contribution is -2.36. The molecule has 0 bridgehead atoms. The first-order chi connectivity index (χ1) is 7.70. The van der Waals surface area contributed by atoms with Crippen molar-refractivity contribution >= 4 is 12.0 Å². The van der Waals surface area contributed by atoms with Crippen molar-refractivity contribution in [2.75, 3.05) is 13.1 Å². The Morgan fingerprint density at radius 3 is 2.35 bits per heavy atom. The normalized spacial score (nSPS) is 12.8. The average molecular weight is 246 g/mol. The predicted molar refractivity (Wildman–Crippen MR) is 63.5 cm³/mol. The Labute approximate surface area is 102 Å². The van der Waals surface area contributed by atoms with E-state index < -0.39 is 17.8 Å². The van der Waals surface area contributed by atoms with Crippen molar-refractivity contribution in [3.8, 4) is 0 Å². The molecule has 0 fully saturated rings. The van der Waals surface area contributed by atoms with E-state index in [0.717, 1.165) is 0 Å². The second kappa shape index (κ2) is 7.11. The number of hydrogen-bond donors (Lipinski definition) is 3. The summed E-state index contributed by atoms with van der Waals surface area (Å²) in [5.74, 6) is -0.220. The number of nitrogens with one attached hydrogen (secondary N) is 2. The summed E-state index contributed by atoms with van der Waals surface area (Å²) in [5, 5.41) is 13.9. The van der Waals surface area contributed by atoms with Crippen LogP contribution in [0.4, 0.5) is 4.79 Å². The van der Waals surface area contributed by atoms with E-state index in [9.17, 15) is 9.59 Å². The first-order valence-electron chi connectivity index (χ1n) is 5.62. The predicted octanol–water partition coefficient (Wildman–Crippen LogP) is 0.398. The summed E-state index contributed by atoms with van der Waals surface area (Å²) in [7, 11) is 0. The monoisotopic (exact) mass is 246 g/mol. The van der Waals surface area contributed by atoms with Crippen LogP contribution >= 0.6 is 0 Å². The van der Waals surface area contributed by atoms with E-state index in [4.69, 9.17) is 9.84 Å². The fraction of sp³-hybridized carbons (Fsp3) is 0.818. The minimum absolute atomic E-state index is 0.159. The number of aliphatic hydroxyl groups excluding tert-OH is 1. The zero-order valence-corrected chi connectivity index (χ0v) is 10.9. The molecule has 0 radical (unpaired) electrons. The number of alkyl carbamates (subject to hydrolysis) is 1. The van der Waals surface area contributed by atoms with E-state index in [1.807, 2.05) is 0 Å². The Hall–Kier alpha value is -1.30. The van der Waals surface area contributed by atoms with Gasteiger partial charge in [-0.25, -0.2) is 4.79 Å². The maximum absolute atomic E-state index is 11.2. The van der Waals surface area contributed by atoms with Crippen molar-refractivity contribution < 1.29 is 19.4 Å². The quantitative estimate of drug-likeness (QED) is 0.655. The van der Waals surface area contributed by atoms with Crippen molar-refractivity contribution in [2.45, 2.75) is 45.8 Å². The molecule has 0 aromatic carbocycles. The highest BCUT2D eigenvalue weighted by Gasteiger charge is 2.15. The van der Waals surface area contributed by atoms with Gasteiger partial charge in [0.05, 0.1) is 6.10 Å². The molecule has 6 nitrogen and oxygen atoms in total. The molecule has 1 atom stereocenters. The molecule has 0 aliphatic carbocycles. The number of ether oxygens (including phenoxy) is 1. The molecule has 0 spiro atoms. The van der Waals surface area contributed by atoms with Crippen molar-refractivity contribution in [3.63, 3.8) is 0 Å². The molecule has 0 aromatic heterocycles. The highest BCUT2D eigenvalue weighted by molar-refractivity contribution is 5.77. The molecule has 100 valence electrons. The van der Waals surface area contributed by atoms with Crippen LogP contribution in [0.3, 0.4) is 0 Å². The van der Waals surface area contributed by atoms with Crippen LogP contribution in [0.15, 0.2) is 0 Å². The van der Waals surface area contributed by atoms with Crippen LogP contribution in [0.5, 0.6) is 0 Å². The molecule has 0 saturated heterocycles. The first-order valence-corrected chi connectivity index (χ1v) is 5.62. The fourth-order valence-electron chi connectivity index (χ4n) is 0.942. The highest BCUT2D eigenvalue weighted by Crippen LogP contribution is 2.06. The Morgan fingerprint density at radius 1 is 1.29 bits per heavy atom. The number of carbonyl (C=O) groups is 2. The fourth-order valence-corrected chi connectivity index (χ4v) is 0.942. The van der Waals surface area contributed by atoms with E-state index in [1.165, 1.54) is 0 Å². The molecule has 0 aliphatic heterocycles. The maximum Gasteiger partial charge on any atom is 0.407 e.